The first-order valence-corrected chi connectivity index (χ1v) is 6.57. The molecule has 1 heterocycles. The molecule has 0 radical (unpaired) electrons. The van der Waals surface area contributed by atoms with E-state index in [0.29, 0.717) is 5.82 Å². The SMILES string of the molecule is Cn1ccnc1CNc1ccc(OCCO)cc1C(F)(F)F. The first-order valence-electron chi connectivity index (χ1n) is 6.57. The van der Waals surface area contributed by atoms with Gasteiger partial charge in [0.05, 0.1) is 18.7 Å². The molecule has 0 aliphatic carbocycles. The van der Waals surface area contributed by atoms with Crippen molar-refractivity contribution >= 4 is 5.69 Å². The minimum Gasteiger partial charge on any atom is -0.491 e. The van der Waals surface area contributed by atoms with E-state index in [2.05, 4.69) is 10.3 Å². The Labute approximate surface area is 125 Å². The van der Waals surface area contributed by atoms with Gasteiger partial charge in [0.2, 0.25) is 0 Å². The Morgan fingerprint density at radius 2 is 2.14 bits per heavy atom. The number of nitrogens with one attached hydrogen (secondary N) is 1. The first-order chi connectivity index (χ1) is 10.4. The van der Waals surface area contributed by atoms with Gasteiger partial charge in [-0.2, -0.15) is 13.2 Å². The molecule has 0 fully saturated rings. The highest BCUT2D eigenvalue weighted by Gasteiger charge is 2.34. The van der Waals surface area contributed by atoms with Crippen molar-refractivity contribution < 1.29 is 23.0 Å². The molecule has 2 rings (SSSR count). The van der Waals surface area contributed by atoms with Crippen LogP contribution in [-0.2, 0) is 19.8 Å². The maximum absolute atomic E-state index is 13.1. The average Bonchev–Trinajstić information content (AvgIpc) is 2.87. The molecule has 0 aliphatic heterocycles. The molecular weight excluding hydrogens is 299 g/mol. The van der Waals surface area contributed by atoms with E-state index in [1.54, 1.807) is 24.0 Å². The zero-order chi connectivity index (χ0) is 16.2. The highest BCUT2D eigenvalue weighted by atomic mass is 19.4. The lowest BCUT2D eigenvalue weighted by molar-refractivity contribution is -0.137. The number of ether oxygens (including phenoxy) is 1. The summed E-state index contributed by atoms with van der Waals surface area (Å²) in [5, 5.41) is 11.4. The number of aliphatic hydroxyl groups excluding tert-OH is 1. The van der Waals surface area contributed by atoms with Crippen molar-refractivity contribution in [2.75, 3.05) is 18.5 Å². The molecule has 8 heteroatoms. The van der Waals surface area contributed by atoms with Crippen molar-refractivity contribution in [2.45, 2.75) is 12.7 Å². The quantitative estimate of drug-likeness (QED) is 0.859. The van der Waals surface area contributed by atoms with Crippen molar-refractivity contribution in [1.82, 2.24) is 9.55 Å². The van der Waals surface area contributed by atoms with Crippen LogP contribution in [0.4, 0.5) is 18.9 Å². The van der Waals surface area contributed by atoms with E-state index in [-0.39, 0.29) is 31.2 Å². The van der Waals surface area contributed by atoms with Crippen molar-refractivity contribution in [3.05, 3.63) is 42.0 Å². The van der Waals surface area contributed by atoms with Gasteiger partial charge in [0.15, 0.2) is 0 Å². The lowest BCUT2D eigenvalue weighted by atomic mass is 10.1. The van der Waals surface area contributed by atoms with Crippen molar-refractivity contribution in [3.8, 4) is 5.75 Å². The number of aromatic nitrogens is 2. The zero-order valence-corrected chi connectivity index (χ0v) is 11.9. The van der Waals surface area contributed by atoms with Crippen molar-refractivity contribution in [2.24, 2.45) is 7.05 Å². The molecule has 2 N–H and O–H groups in total. The van der Waals surface area contributed by atoms with E-state index in [1.807, 2.05) is 0 Å². The monoisotopic (exact) mass is 315 g/mol. The number of benzene rings is 1. The molecule has 0 saturated heterocycles. The van der Waals surface area contributed by atoms with Crippen LogP contribution in [0.1, 0.15) is 11.4 Å². The third-order valence-corrected chi connectivity index (χ3v) is 3.01. The molecule has 0 unspecified atom stereocenters. The summed E-state index contributed by atoms with van der Waals surface area (Å²) in [6, 6.07) is 3.64. The number of aryl methyl sites for hydroxylation is 1. The predicted octanol–water partition coefficient (Wildman–Crippen LogP) is 2.42. The summed E-state index contributed by atoms with van der Waals surface area (Å²) in [4.78, 5) is 4.05. The topological polar surface area (TPSA) is 59.3 Å². The van der Waals surface area contributed by atoms with Crippen LogP contribution in [0.25, 0.3) is 0 Å². The van der Waals surface area contributed by atoms with Gasteiger partial charge in [0, 0.05) is 25.1 Å². The maximum atomic E-state index is 13.1. The second-order valence-electron chi connectivity index (χ2n) is 4.59. The number of hydrogen-bond acceptors (Lipinski definition) is 4. The van der Waals surface area contributed by atoms with Gasteiger partial charge in [-0.05, 0) is 18.2 Å². The predicted molar refractivity (Wildman–Crippen MR) is 74.6 cm³/mol. The molecule has 5 nitrogen and oxygen atoms in total. The van der Waals surface area contributed by atoms with Crippen LogP contribution in [-0.4, -0.2) is 27.9 Å². The Balaban J connectivity index is 2.20. The normalized spacial score (nSPS) is 11.5. The molecule has 0 atom stereocenters. The van der Waals surface area contributed by atoms with E-state index in [9.17, 15) is 13.2 Å². The van der Waals surface area contributed by atoms with Crippen LogP contribution < -0.4 is 10.1 Å². The summed E-state index contributed by atoms with van der Waals surface area (Å²) in [6.07, 6.45) is -1.22. The number of hydrogen-bond donors (Lipinski definition) is 2. The molecule has 2 aromatic rings. The van der Waals surface area contributed by atoms with Crippen LogP contribution in [0.2, 0.25) is 0 Å². The van der Waals surface area contributed by atoms with Gasteiger partial charge in [-0.1, -0.05) is 0 Å². The largest absolute Gasteiger partial charge is 0.491 e. The Morgan fingerprint density at radius 3 is 2.73 bits per heavy atom. The standard InChI is InChI=1S/C14H16F3N3O2/c1-20-5-4-18-13(20)9-19-12-3-2-10(22-7-6-21)8-11(12)14(15,16)17/h2-5,8,19,21H,6-7,9H2,1H3. The lowest BCUT2D eigenvalue weighted by Crippen LogP contribution is -2.13. The minimum atomic E-state index is -4.51. The van der Waals surface area contributed by atoms with Crippen LogP contribution in [0.5, 0.6) is 5.75 Å². The highest BCUT2D eigenvalue weighted by Crippen LogP contribution is 2.37. The number of imidazole rings is 1. The number of nitrogens with zero attached hydrogens (tertiary/aromatic N) is 2. The van der Waals surface area contributed by atoms with Crippen LogP contribution >= 0.6 is 0 Å². The van der Waals surface area contributed by atoms with Gasteiger partial charge in [-0.3, -0.25) is 0 Å². The van der Waals surface area contributed by atoms with Crippen molar-refractivity contribution in [1.29, 1.82) is 0 Å². The molecule has 0 aliphatic rings. The molecule has 0 saturated carbocycles. The molecule has 0 spiro atoms. The van der Waals surface area contributed by atoms with Crippen LogP contribution in [0.3, 0.4) is 0 Å². The Kier molecular flexibility index (Phi) is 4.92. The number of halogens is 3. The fourth-order valence-electron chi connectivity index (χ4n) is 1.91. The molecule has 0 amide bonds. The molecule has 120 valence electrons. The lowest BCUT2D eigenvalue weighted by Gasteiger charge is -2.16. The average molecular weight is 315 g/mol. The van der Waals surface area contributed by atoms with Gasteiger partial charge in [0.1, 0.15) is 18.2 Å². The molecule has 1 aromatic carbocycles. The van der Waals surface area contributed by atoms with E-state index in [4.69, 9.17) is 9.84 Å². The minimum absolute atomic E-state index is 0.0492. The molecule has 22 heavy (non-hydrogen) atoms. The maximum Gasteiger partial charge on any atom is 0.418 e. The number of alkyl halides is 3. The summed E-state index contributed by atoms with van der Waals surface area (Å²) in [5.74, 6) is 0.678. The van der Waals surface area contributed by atoms with Gasteiger partial charge in [0.25, 0.3) is 0 Å². The highest BCUT2D eigenvalue weighted by molar-refractivity contribution is 5.55. The van der Waals surface area contributed by atoms with Gasteiger partial charge in [-0.25, -0.2) is 4.98 Å². The van der Waals surface area contributed by atoms with E-state index >= 15 is 0 Å². The summed E-state index contributed by atoms with van der Waals surface area (Å²) >= 11 is 0. The molecule has 0 bridgehead atoms. The smallest absolute Gasteiger partial charge is 0.418 e. The van der Waals surface area contributed by atoms with Crippen molar-refractivity contribution in [3.63, 3.8) is 0 Å². The van der Waals surface area contributed by atoms with Gasteiger partial charge < -0.3 is 19.7 Å². The first kappa shape index (κ1) is 16.2. The van der Waals surface area contributed by atoms with E-state index in [1.165, 1.54) is 12.1 Å². The van der Waals surface area contributed by atoms with E-state index in [0.717, 1.165) is 6.07 Å². The second kappa shape index (κ2) is 6.69. The Morgan fingerprint density at radius 1 is 1.36 bits per heavy atom. The summed E-state index contributed by atoms with van der Waals surface area (Å²) in [5.41, 5.74) is -0.871. The summed E-state index contributed by atoms with van der Waals surface area (Å²) in [7, 11) is 1.76. The van der Waals surface area contributed by atoms with E-state index < -0.39 is 11.7 Å². The Hall–Kier alpha value is -2.22. The number of aliphatic hydroxyl groups is 1. The van der Waals surface area contributed by atoms with Crippen LogP contribution in [0.15, 0.2) is 30.6 Å². The third-order valence-electron chi connectivity index (χ3n) is 3.01. The fraction of sp³-hybridized carbons (Fsp3) is 0.357. The second-order valence-corrected chi connectivity index (χ2v) is 4.59. The fourth-order valence-corrected chi connectivity index (χ4v) is 1.91. The zero-order valence-electron chi connectivity index (χ0n) is 11.9. The summed E-state index contributed by atoms with van der Waals surface area (Å²) in [6.45, 7) is -0.152. The molecule has 1 aromatic heterocycles. The Bertz CT molecular complexity index is 626. The third kappa shape index (κ3) is 3.91. The van der Waals surface area contributed by atoms with Gasteiger partial charge in [-0.15, -0.1) is 0 Å². The molecular formula is C14H16F3N3O2. The summed E-state index contributed by atoms with van der Waals surface area (Å²) < 4.78 is 46.1. The number of rotatable bonds is 6. The van der Waals surface area contributed by atoms with Crippen LogP contribution in [0, 0.1) is 0 Å². The number of anilines is 1. The van der Waals surface area contributed by atoms with Gasteiger partial charge >= 0.3 is 6.18 Å².